The Kier molecular flexibility index (Phi) is 5.00. The molecule has 0 saturated carbocycles. The second-order valence-electron chi connectivity index (χ2n) is 7.47. The van der Waals surface area contributed by atoms with E-state index in [1.54, 1.807) is 54.6 Å². The van der Waals surface area contributed by atoms with Gasteiger partial charge in [-0.25, -0.2) is 8.42 Å². The van der Waals surface area contributed by atoms with Crippen molar-refractivity contribution < 1.29 is 13.2 Å². The molecule has 0 N–H and O–H groups in total. The van der Waals surface area contributed by atoms with Gasteiger partial charge in [-0.15, -0.1) is 0 Å². The summed E-state index contributed by atoms with van der Waals surface area (Å²) in [6.45, 7) is 5.78. The van der Waals surface area contributed by atoms with E-state index in [4.69, 9.17) is 0 Å². The quantitative estimate of drug-likeness (QED) is 0.429. The Hall–Kier alpha value is -3.31. The largest absolute Gasteiger partial charge is 0.289 e. The number of pyridine rings is 1. The monoisotopic (exact) mass is 415 g/mol. The topological polar surface area (TPSA) is 64.1 Å². The predicted octanol–water partition coefficient (Wildman–Crippen LogP) is 5.22. The van der Waals surface area contributed by atoms with Crippen molar-refractivity contribution in [3.8, 4) is 0 Å². The summed E-state index contributed by atoms with van der Waals surface area (Å²) in [5, 5.41) is 0.452. The number of benzene rings is 3. The minimum atomic E-state index is -3.95. The van der Waals surface area contributed by atoms with Gasteiger partial charge >= 0.3 is 0 Å². The minimum Gasteiger partial charge on any atom is -0.289 e. The van der Waals surface area contributed by atoms with Crippen LogP contribution in [0.4, 0.5) is 0 Å². The summed E-state index contributed by atoms with van der Waals surface area (Å²) < 4.78 is 27.3. The maximum Gasteiger partial charge on any atom is 0.208 e. The van der Waals surface area contributed by atoms with E-state index in [9.17, 15) is 13.2 Å². The smallest absolute Gasteiger partial charge is 0.208 e. The predicted molar refractivity (Wildman–Crippen MR) is 118 cm³/mol. The van der Waals surface area contributed by atoms with Gasteiger partial charge in [-0.3, -0.25) is 9.78 Å². The molecule has 4 nitrogen and oxygen atoms in total. The molecule has 0 fully saturated rings. The van der Waals surface area contributed by atoms with Gasteiger partial charge in [0.05, 0.1) is 20.9 Å². The molecule has 0 saturated heterocycles. The number of sulfone groups is 1. The van der Waals surface area contributed by atoms with Gasteiger partial charge in [-0.05, 0) is 62.2 Å². The molecular weight excluding hydrogens is 394 g/mol. The number of carbonyl (C=O) groups is 1. The Labute approximate surface area is 176 Å². The molecule has 30 heavy (non-hydrogen) atoms. The molecular formula is C25H21NO3S. The van der Waals surface area contributed by atoms with Crippen LogP contribution in [0.25, 0.3) is 10.9 Å². The van der Waals surface area contributed by atoms with Crippen molar-refractivity contribution in [3.05, 3.63) is 101 Å². The summed E-state index contributed by atoms with van der Waals surface area (Å²) in [5.41, 5.74) is 3.99. The summed E-state index contributed by atoms with van der Waals surface area (Å²) >= 11 is 0. The van der Waals surface area contributed by atoms with Crippen LogP contribution >= 0.6 is 0 Å². The van der Waals surface area contributed by atoms with Crippen molar-refractivity contribution in [1.29, 1.82) is 0 Å². The first-order valence-corrected chi connectivity index (χ1v) is 11.1. The standard InChI is InChI=1S/C25H21NO3S/c1-16-9-12-23-21(13-16)25(30(28,29)20-7-5-4-6-8-20)22(15-26-23)24(27)19-11-10-17(2)18(3)14-19/h4-15H,1-3H3. The molecule has 1 heterocycles. The number of hydrogen-bond acceptors (Lipinski definition) is 4. The van der Waals surface area contributed by atoms with E-state index in [0.29, 0.717) is 16.5 Å². The molecule has 4 aromatic rings. The molecule has 1 aromatic heterocycles. The molecule has 0 aliphatic rings. The van der Waals surface area contributed by atoms with E-state index in [0.717, 1.165) is 16.7 Å². The van der Waals surface area contributed by atoms with Gasteiger partial charge in [0, 0.05) is 17.1 Å². The Bertz CT molecular complexity index is 1390. The fourth-order valence-electron chi connectivity index (χ4n) is 3.49. The van der Waals surface area contributed by atoms with Crippen molar-refractivity contribution in [1.82, 2.24) is 4.98 Å². The maximum atomic E-state index is 13.7. The number of aromatic nitrogens is 1. The van der Waals surface area contributed by atoms with E-state index in [-0.39, 0.29) is 21.1 Å². The summed E-state index contributed by atoms with van der Waals surface area (Å²) in [7, 11) is -3.95. The van der Waals surface area contributed by atoms with Gasteiger partial charge in [0.15, 0.2) is 5.78 Å². The molecule has 0 bridgehead atoms. The van der Waals surface area contributed by atoms with Crippen LogP contribution in [0, 0.1) is 20.8 Å². The molecule has 0 aliphatic carbocycles. The molecule has 0 aliphatic heterocycles. The Balaban J connectivity index is 2.04. The number of fused-ring (bicyclic) bond motifs is 1. The van der Waals surface area contributed by atoms with E-state index >= 15 is 0 Å². The third-order valence-corrected chi connectivity index (χ3v) is 7.18. The summed E-state index contributed by atoms with van der Waals surface area (Å²) in [5.74, 6) is -0.358. The van der Waals surface area contributed by atoms with Crippen molar-refractivity contribution in [2.45, 2.75) is 30.6 Å². The maximum absolute atomic E-state index is 13.7. The van der Waals surface area contributed by atoms with E-state index in [1.165, 1.54) is 6.20 Å². The normalized spacial score (nSPS) is 11.6. The van der Waals surface area contributed by atoms with Crippen LogP contribution in [-0.2, 0) is 9.84 Å². The summed E-state index contributed by atoms with van der Waals surface area (Å²) in [6, 6.07) is 19.0. The van der Waals surface area contributed by atoms with E-state index in [1.807, 2.05) is 32.9 Å². The van der Waals surface area contributed by atoms with E-state index < -0.39 is 9.84 Å². The second-order valence-corrected chi connectivity index (χ2v) is 9.35. The summed E-state index contributed by atoms with van der Waals surface area (Å²) in [6.07, 6.45) is 1.38. The highest BCUT2D eigenvalue weighted by atomic mass is 32.2. The molecule has 0 amide bonds. The van der Waals surface area contributed by atoms with Crippen LogP contribution in [0.5, 0.6) is 0 Å². The molecule has 0 spiro atoms. The number of ketones is 1. The molecule has 0 radical (unpaired) electrons. The van der Waals surface area contributed by atoms with Crippen LogP contribution < -0.4 is 0 Å². The highest BCUT2D eigenvalue weighted by Gasteiger charge is 2.28. The Morgan fingerprint density at radius 3 is 2.27 bits per heavy atom. The molecule has 3 aromatic carbocycles. The van der Waals surface area contributed by atoms with Crippen LogP contribution in [0.3, 0.4) is 0 Å². The van der Waals surface area contributed by atoms with Crippen LogP contribution in [0.15, 0.2) is 82.7 Å². The first-order valence-electron chi connectivity index (χ1n) is 9.60. The molecule has 0 atom stereocenters. The molecule has 0 unspecified atom stereocenters. The zero-order chi connectivity index (χ0) is 21.5. The lowest BCUT2D eigenvalue weighted by Crippen LogP contribution is -2.13. The van der Waals surface area contributed by atoms with Crippen LogP contribution in [-0.4, -0.2) is 19.2 Å². The van der Waals surface area contributed by atoms with Gasteiger partial charge in [0.2, 0.25) is 9.84 Å². The molecule has 4 rings (SSSR count). The average molecular weight is 416 g/mol. The second kappa shape index (κ2) is 7.50. The lowest BCUT2D eigenvalue weighted by atomic mass is 9.99. The van der Waals surface area contributed by atoms with Gasteiger partial charge < -0.3 is 0 Å². The zero-order valence-corrected chi connectivity index (χ0v) is 17.8. The van der Waals surface area contributed by atoms with Gasteiger partial charge in [-0.1, -0.05) is 42.0 Å². The number of nitrogens with zero attached hydrogens (tertiary/aromatic N) is 1. The summed E-state index contributed by atoms with van der Waals surface area (Å²) in [4.78, 5) is 18.0. The van der Waals surface area contributed by atoms with Crippen molar-refractivity contribution in [2.24, 2.45) is 0 Å². The average Bonchev–Trinajstić information content (AvgIpc) is 2.74. The highest BCUT2D eigenvalue weighted by molar-refractivity contribution is 7.91. The minimum absolute atomic E-state index is 0.00521. The van der Waals surface area contributed by atoms with Crippen LogP contribution in [0.2, 0.25) is 0 Å². The Morgan fingerprint density at radius 1 is 0.833 bits per heavy atom. The SMILES string of the molecule is Cc1ccc2ncc(C(=O)c3ccc(C)c(C)c3)c(S(=O)(=O)c3ccccc3)c2c1. The number of rotatable bonds is 4. The third-order valence-electron chi connectivity index (χ3n) is 5.31. The van der Waals surface area contributed by atoms with Gasteiger partial charge in [0.25, 0.3) is 0 Å². The number of carbonyl (C=O) groups excluding carboxylic acids is 1. The number of hydrogen-bond donors (Lipinski definition) is 0. The first-order chi connectivity index (χ1) is 14.3. The fourth-order valence-corrected chi connectivity index (χ4v) is 5.13. The lowest BCUT2D eigenvalue weighted by Gasteiger charge is -2.14. The third kappa shape index (κ3) is 3.42. The first kappa shape index (κ1) is 20.0. The van der Waals surface area contributed by atoms with Crippen LogP contribution in [0.1, 0.15) is 32.6 Å². The molecule has 150 valence electrons. The highest BCUT2D eigenvalue weighted by Crippen LogP contribution is 2.32. The van der Waals surface area contributed by atoms with Crippen molar-refractivity contribution in [2.75, 3.05) is 0 Å². The van der Waals surface area contributed by atoms with Gasteiger partial charge in [-0.2, -0.15) is 0 Å². The zero-order valence-electron chi connectivity index (χ0n) is 17.0. The van der Waals surface area contributed by atoms with E-state index in [2.05, 4.69) is 4.98 Å². The Morgan fingerprint density at radius 2 is 1.57 bits per heavy atom. The van der Waals surface area contributed by atoms with Crippen molar-refractivity contribution >= 4 is 26.5 Å². The fraction of sp³-hybridized carbons (Fsp3) is 0.120. The number of aryl methyl sites for hydroxylation is 3. The van der Waals surface area contributed by atoms with Gasteiger partial charge in [0.1, 0.15) is 0 Å². The van der Waals surface area contributed by atoms with Crippen molar-refractivity contribution in [3.63, 3.8) is 0 Å². The lowest BCUT2D eigenvalue weighted by molar-refractivity contribution is 0.103. The molecule has 5 heteroatoms.